The third kappa shape index (κ3) is 9.03. The van der Waals surface area contributed by atoms with E-state index in [1.54, 1.807) is 19.1 Å². The number of esters is 1. The molecule has 1 aliphatic heterocycles. The highest BCUT2D eigenvalue weighted by Crippen LogP contribution is 2.42. The molecule has 1 amide bonds. The van der Waals surface area contributed by atoms with Gasteiger partial charge in [0.1, 0.15) is 11.4 Å². The van der Waals surface area contributed by atoms with Crippen molar-refractivity contribution in [2.45, 2.75) is 68.2 Å². The number of methoxy groups -OCH3 is 1. The lowest BCUT2D eigenvalue weighted by Crippen LogP contribution is -2.42. The zero-order valence-electron chi connectivity index (χ0n) is 25.8. The van der Waals surface area contributed by atoms with E-state index in [1.165, 1.54) is 19.2 Å². The number of hydrogen-bond donors (Lipinski definition) is 3. The van der Waals surface area contributed by atoms with Gasteiger partial charge in [0.25, 0.3) is 10.0 Å². The molecule has 252 valence electrons. The molecule has 0 saturated heterocycles. The molecule has 4 rings (SSSR count). The Kier molecular flexibility index (Phi) is 11.2. The number of aryl methyl sites for hydroxylation is 1. The lowest BCUT2D eigenvalue weighted by molar-refractivity contribution is -0.161. The van der Waals surface area contributed by atoms with E-state index >= 15 is 0 Å². The van der Waals surface area contributed by atoms with Gasteiger partial charge >= 0.3 is 18.2 Å². The number of carbonyl (C=O) groups excluding carboxylic acids is 2. The molecule has 2 heterocycles. The molecule has 2 aromatic carbocycles. The number of anilines is 1. The summed E-state index contributed by atoms with van der Waals surface area (Å²) in [6.07, 6.45) is -2.61. The number of amides is 1. The fourth-order valence-corrected chi connectivity index (χ4v) is 6.56. The molecule has 0 bridgehead atoms. The van der Waals surface area contributed by atoms with E-state index in [0.717, 1.165) is 11.6 Å². The van der Waals surface area contributed by atoms with Crippen LogP contribution in [-0.2, 0) is 36.9 Å². The Labute approximate surface area is 271 Å². The molecule has 3 N–H and O–H groups in total. The molecule has 0 spiro atoms. The second-order valence-electron chi connectivity index (χ2n) is 11.2. The van der Waals surface area contributed by atoms with E-state index in [-0.39, 0.29) is 30.0 Å². The number of aromatic nitrogens is 1. The summed E-state index contributed by atoms with van der Waals surface area (Å²) in [5.74, 6) is -1.50. The Balaban J connectivity index is 1.56. The first-order chi connectivity index (χ1) is 22.3. The average Bonchev–Trinajstić information content (AvgIpc) is 3.04. The Morgan fingerprint density at radius 1 is 1.11 bits per heavy atom. The average molecular weight is 676 g/mol. The van der Waals surface area contributed by atoms with Crippen molar-refractivity contribution in [1.29, 1.82) is 0 Å². The fourth-order valence-electron chi connectivity index (χ4n) is 5.58. The first kappa shape index (κ1) is 35.3. The van der Waals surface area contributed by atoms with Gasteiger partial charge in [-0.2, -0.15) is 21.6 Å². The number of carbonyl (C=O) groups is 2. The minimum Gasteiger partial charge on any atom is -0.512 e. The third-order valence-electron chi connectivity index (χ3n) is 7.94. The van der Waals surface area contributed by atoms with Crippen LogP contribution in [0.5, 0.6) is 0 Å². The highest BCUT2D eigenvalue weighted by molar-refractivity contribution is 7.92. The number of benzene rings is 2. The number of sulfonamides is 1. The van der Waals surface area contributed by atoms with Crippen molar-refractivity contribution in [2.75, 3.05) is 18.4 Å². The number of alkyl carbamates (subject to hydrolysis) is 1. The SMILES string of the molecule is CC[C@@H](C1=C(O)C[C@@](CCCNC(=O)OC)(CCc2ccccc2)OC1=O)c1cccc(NS(=O)(=O)c2ccc(C(F)(F)F)cn2)c1. The maximum absolute atomic E-state index is 13.7. The molecular formula is C33H36F3N3O7S. The van der Waals surface area contributed by atoms with Crippen LogP contribution < -0.4 is 10.0 Å². The summed E-state index contributed by atoms with van der Waals surface area (Å²) < 4.78 is 77.6. The minimum atomic E-state index is -4.67. The molecule has 14 heteroatoms. The van der Waals surface area contributed by atoms with Gasteiger partial charge in [-0.15, -0.1) is 0 Å². The quantitative estimate of drug-likeness (QED) is 0.135. The second kappa shape index (κ2) is 14.9. The third-order valence-corrected chi connectivity index (χ3v) is 9.24. The van der Waals surface area contributed by atoms with Gasteiger partial charge in [-0.05, 0) is 67.5 Å². The number of cyclic esters (lactones) is 1. The van der Waals surface area contributed by atoms with E-state index in [9.17, 15) is 36.3 Å². The van der Waals surface area contributed by atoms with Crippen LogP contribution in [0.15, 0.2) is 89.3 Å². The van der Waals surface area contributed by atoms with Gasteiger partial charge in [-0.25, -0.2) is 14.6 Å². The topological polar surface area (TPSA) is 144 Å². The first-order valence-corrected chi connectivity index (χ1v) is 16.4. The number of alkyl halides is 3. The smallest absolute Gasteiger partial charge is 0.417 e. The van der Waals surface area contributed by atoms with Gasteiger partial charge in [0.05, 0.1) is 18.2 Å². The minimum absolute atomic E-state index is 0.0432. The highest BCUT2D eigenvalue weighted by Gasteiger charge is 2.43. The molecule has 47 heavy (non-hydrogen) atoms. The van der Waals surface area contributed by atoms with Gasteiger partial charge in [0.15, 0.2) is 5.03 Å². The van der Waals surface area contributed by atoms with Crippen molar-refractivity contribution < 1.29 is 45.8 Å². The molecule has 10 nitrogen and oxygen atoms in total. The van der Waals surface area contributed by atoms with Crippen molar-refractivity contribution in [3.63, 3.8) is 0 Å². The zero-order chi connectivity index (χ0) is 34.2. The normalized spacial score (nSPS) is 17.5. The second-order valence-corrected chi connectivity index (χ2v) is 12.8. The number of rotatable bonds is 13. The van der Waals surface area contributed by atoms with Gasteiger partial charge < -0.3 is 19.9 Å². The molecule has 0 fully saturated rings. The summed E-state index contributed by atoms with van der Waals surface area (Å²) >= 11 is 0. The maximum atomic E-state index is 13.7. The molecule has 0 unspecified atom stereocenters. The number of aliphatic hydroxyl groups is 1. The monoisotopic (exact) mass is 675 g/mol. The summed E-state index contributed by atoms with van der Waals surface area (Å²) in [7, 11) is -3.09. The molecule has 0 saturated carbocycles. The summed E-state index contributed by atoms with van der Waals surface area (Å²) in [6.45, 7) is 2.08. The number of ether oxygens (including phenoxy) is 2. The Bertz CT molecular complexity index is 1700. The van der Waals surface area contributed by atoms with Crippen LogP contribution >= 0.6 is 0 Å². The molecule has 3 aromatic rings. The van der Waals surface area contributed by atoms with Crippen LogP contribution in [0.1, 0.15) is 61.6 Å². The van der Waals surface area contributed by atoms with Gasteiger partial charge in [-0.3, -0.25) is 4.72 Å². The van der Waals surface area contributed by atoms with Crippen molar-refractivity contribution in [3.05, 3.63) is 101 Å². The predicted octanol–water partition coefficient (Wildman–Crippen LogP) is 6.66. The number of halogens is 3. The summed E-state index contributed by atoms with van der Waals surface area (Å²) in [5, 5.41) is 13.4. The maximum Gasteiger partial charge on any atom is 0.417 e. The molecule has 0 radical (unpaired) electrons. The Morgan fingerprint density at radius 2 is 1.85 bits per heavy atom. The van der Waals surface area contributed by atoms with Crippen LogP contribution in [0.25, 0.3) is 0 Å². The number of hydrogen-bond acceptors (Lipinski definition) is 8. The number of pyridine rings is 1. The number of nitrogens with one attached hydrogen (secondary N) is 2. The fraction of sp³-hybridized carbons (Fsp3) is 0.364. The predicted molar refractivity (Wildman–Crippen MR) is 167 cm³/mol. The van der Waals surface area contributed by atoms with E-state index in [0.29, 0.717) is 49.9 Å². The van der Waals surface area contributed by atoms with E-state index in [2.05, 4.69) is 19.8 Å². The van der Waals surface area contributed by atoms with Crippen molar-refractivity contribution in [1.82, 2.24) is 10.3 Å². The first-order valence-electron chi connectivity index (χ1n) is 14.9. The molecule has 1 aliphatic rings. The standard InChI is InChI=1S/C33H36F3N3O7S/c1-3-26(23-11-7-12-25(19-23)39-47(43,44)28-14-13-24(21-38-28)33(34,35)36)29-27(40)20-32(46-30(29)41,16-8-18-37-31(42)45-2)17-15-22-9-5-4-6-10-22/h4-7,9-14,19,21,26,39-40H,3,8,15-18,20H2,1-2H3,(H,37,42)/t26-,32-/m1/s1. The van der Waals surface area contributed by atoms with Crippen LogP contribution in [0.4, 0.5) is 23.7 Å². The van der Waals surface area contributed by atoms with Crippen molar-refractivity contribution in [2.24, 2.45) is 0 Å². The van der Waals surface area contributed by atoms with Gasteiger partial charge in [0.2, 0.25) is 0 Å². The largest absolute Gasteiger partial charge is 0.512 e. The van der Waals surface area contributed by atoms with Crippen LogP contribution in [-0.4, -0.2) is 49.8 Å². The Hall–Kier alpha value is -4.59. The number of nitrogens with zero attached hydrogens (tertiary/aromatic N) is 1. The molecule has 2 atom stereocenters. The van der Waals surface area contributed by atoms with Crippen LogP contribution in [0, 0.1) is 0 Å². The molecule has 0 aliphatic carbocycles. The summed E-state index contributed by atoms with van der Waals surface area (Å²) in [5.41, 5.74) is -0.448. The van der Waals surface area contributed by atoms with Crippen LogP contribution in [0.3, 0.4) is 0 Å². The summed E-state index contributed by atoms with van der Waals surface area (Å²) in [6, 6.07) is 17.2. The molecule has 1 aromatic heterocycles. The number of aliphatic hydroxyl groups excluding tert-OH is 1. The van der Waals surface area contributed by atoms with Crippen molar-refractivity contribution >= 4 is 27.8 Å². The Morgan fingerprint density at radius 3 is 2.47 bits per heavy atom. The van der Waals surface area contributed by atoms with Gasteiger partial charge in [0, 0.05) is 30.8 Å². The summed E-state index contributed by atoms with van der Waals surface area (Å²) in [4.78, 5) is 28.6. The van der Waals surface area contributed by atoms with E-state index in [4.69, 9.17) is 4.74 Å². The zero-order valence-corrected chi connectivity index (χ0v) is 26.7. The van der Waals surface area contributed by atoms with Crippen LogP contribution in [0.2, 0.25) is 0 Å². The van der Waals surface area contributed by atoms with Crippen molar-refractivity contribution in [3.8, 4) is 0 Å². The lowest BCUT2D eigenvalue weighted by Gasteiger charge is -2.39. The van der Waals surface area contributed by atoms with Gasteiger partial charge in [-0.1, -0.05) is 49.4 Å². The highest BCUT2D eigenvalue weighted by atomic mass is 32.2. The van der Waals surface area contributed by atoms with E-state index < -0.39 is 50.4 Å². The molecular weight excluding hydrogens is 639 g/mol. The lowest BCUT2D eigenvalue weighted by atomic mass is 9.80. The van der Waals surface area contributed by atoms with E-state index in [1.807, 2.05) is 30.3 Å².